The van der Waals surface area contributed by atoms with Crippen molar-refractivity contribution in [1.29, 1.82) is 0 Å². The van der Waals surface area contributed by atoms with Crippen LogP contribution in [-0.2, 0) is 0 Å². The molecule has 0 heterocycles. The van der Waals surface area contributed by atoms with Crippen LogP contribution in [0.3, 0.4) is 0 Å². The molecule has 2 aromatic carbocycles. The second kappa shape index (κ2) is 7.64. The quantitative estimate of drug-likeness (QED) is 0.508. The van der Waals surface area contributed by atoms with Gasteiger partial charge in [0.1, 0.15) is 17.4 Å². The van der Waals surface area contributed by atoms with Crippen LogP contribution < -0.4 is 15.5 Å². The van der Waals surface area contributed by atoms with Crippen molar-refractivity contribution in [3.63, 3.8) is 0 Å². The van der Waals surface area contributed by atoms with Crippen molar-refractivity contribution in [2.75, 3.05) is 12.4 Å². The van der Waals surface area contributed by atoms with Crippen LogP contribution in [0.2, 0.25) is 0 Å². The Morgan fingerprint density at radius 1 is 1.13 bits per heavy atom. The number of hydrogen-bond acceptors (Lipinski definition) is 3. The van der Waals surface area contributed by atoms with Gasteiger partial charge in [0, 0.05) is 17.3 Å². The summed E-state index contributed by atoms with van der Waals surface area (Å²) in [6.07, 6.45) is 0. The zero-order valence-corrected chi connectivity index (χ0v) is 13.4. The molecule has 4 nitrogen and oxygen atoms in total. The van der Waals surface area contributed by atoms with E-state index in [4.69, 9.17) is 17.0 Å². The van der Waals surface area contributed by atoms with Gasteiger partial charge in [0.2, 0.25) is 0 Å². The summed E-state index contributed by atoms with van der Waals surface area (Å²) in [5.41, 5.74) is 3.92. The average Bonchev–Trinajstić information content (AvgIpc) is 2.53. The summed E-state index contributed by atoms with van der Waals surface area (Å²) in [4.78, 5) is 0. The van der Waals surface area contributed by atoms with E-state index in [0.29, 0.717) is 5.71 Å². The summed E-state index contributed by atoms with van der Waals surface area (Å²) < 4.78 is 31.6. The Balaban J connectivity index is 1.99. The maximum absolute atomic E-state index is 13.6. The normalized spacial score (nSPS) is 11.0. The maximum atomic E-state index is 13.6. The van der Waals surface area contributed by atoms with Gasteiger partial charge in [-0.3, -0.25) is 5.43 Å². The summed E-state index contributed by atoms with van der Waals surface area (Å²) >= 11 is 5.10. The molecule has 0 unspecified atom stereocenters. The Labute approximate surface area is 138 Å². The van der Waals surface area contributed by atoms with Crippen molar-refractivity contribution in [2.45, 2.75) is 6.92 Å². The second-order valence-electron chi connectivity index (χ2n) is 4.62. The molecule has 2 N–H and O–H groups in total. The number of thiocarbonyl (C=S) groups is 1. The van der Waals surface area contributed by atoms with E-state index in [1.54, 1.807) is 38.3 Å². The second-order valence-corrected chi connectivity index (χ2v) is 5.02. The molecular formula is C16H15F2N3OS. The predicted octanol–water partition coefficient (Wildman–Crippen LogP) is 3.68. The van der Waals surface area contributed by atoms with Gasteiger partial charge in [-0.25, -0.2) is 8.78 Å². The minimum Gasteiger partial charge on any atom is -0.497 e. The Bertz CT molecular complexity index is 733. The summed E-state index contributed by atoms with van der Waals surface area (Å²) in [5.74, 6) is -0.583. The zero-order valence-electron chi connectivity index (χ0n) is 12.6. The minimum atomic E-state index is -0.679. The Kier molecular flexibility index (Phi) is 5.59. The van der Waals surface area contributed by atoms with Crippen LogP contribution >= 0.6 is 12.2 Å². The molecule has 0 aliphatic carbocycles. The lowest BCUT2D eigenvalue weighted by molar-refractivity contribution is 0.415. The van der Waals surface area contributed by atoms with E-state index < -0.39 is 11.6 Å². The highest BCUT2D eigenvalue weighted by molar-refractivity contribution is 7.80. The number of methoxy groups -OCH3 is 1. The monoisotopic (exact) mass is 335 g/mol. The lowest BCUT2D eigenvalue weighted by atomic mass is 10.1. The van der Waals surface area contributed by atoms with Crippen LogP contribution in [0.15, 0.2) is 47.6 Å². The van der Waals surface area contributed by atoms with Crippen LogP contribution in [0.1, 0.15) is 12.5 Å². The third-order valence-corrected chi connectivity index (χ3v) is 3.19. The van der Waals surface area contributed by atoms with E-state index >= 15 is 0 Å². The molecule has 0 radical (unpaired) electrons. The molecule has 0 aliphatic rings. The molecule has 120 valence electrons. The molecule has 23 heavy (non-hydrogen) atoms. The fourth-order valence-corrected chi connectivity index (χ4v) is 1.97. The molecule has 0 saturated carbocycles. The Morgan fingerprint density at radius 2 is 1.83 bits per heavy atom. The number of nitrogens with zero attached hydrogens (tertiary/aromatic N) is 1. The van der Waals surface area contributed by atoms with Gasteiger partial charge < -0.3 is 10.1 Å². The number of benzene rings is 2. The first-order valence-electron chi connectivity index (χ1n) is 6.70. The fourth-order valence-electron chi connectivity index (χ4n) is 1.81. The molecule has 2 aromatic rings. The molecule has 0 atom stereocenters. The average molecular weight is 335 g/mol. The van der Waals surface area contributed by atoms with Gasteiger partial charge in [-0.05, 0) is 55.5 Å². The van der Waals surface area contributed by atoms with Crippen LogP contribution in [0.25, 0.3) is 0 Å². The molecule has 0 fully saturated rings. The van der Waals surface area contributed by atoms with Gasteiger partial charge in [0.15, 0.2) is 5.11 Å². The molecule has 7 heteroatoms. The van der Waals surface area contributed by atoms with Gasteiger partial charge in [0.25, 0.3) is 0 Å². The Morgan fingerprint density at radius 3 is 2.43 bits per heavy atom. The van der Waals surface area contributed by atoms with E-state index in [9.17, 15) is 8.78 Å². The molecule has 0 amide bonds. The molecule has 0 aliphatic heterocycles. The van der Waals surface area contributed by atoms with Gasteiger partial charge in [-0.1, -0.05) is 0 Å². The lowest BCUT2D eigenvalue weighted by Gasteiger charge is -2.09. The number of anilines is 1. The topological polar surface area (TPSA) is 45.6 Å². The highest BCUT2D eigenvalue weighted by atomic mass is 32.1. The van der Waals surface area contributed by atoms with Crippen molar-refractivity contribution in [1.82, 2.24) is 5.43 Å². The summed E-state index contributed by atoms with van der Waals surface area (Å²) in [6, 6.07) is 10.5. The van der Waals surface area contributed by atoms with Gasteiger partial charge in [-0.15, -0.1) is 0 Å². The predicted molar refractivity (Wildman–Crippen MR) is 90.9 cm³/mol. The maximum Gasteiger partial charge on any atom is 0.191 e. The number of nitrogens with one attached hydrogen (secondary N) is 2. The van der Waals surface area contributed by atoms with Crippen LogP contribution in [-0.4, -0.2) is 17.9 Å². The number of rotatable bonds is 4. The first-order valence-corrected chi connectivity index (χ1v) is 7.11. The van der Waals surface area contributed by atoms with E-state index in [0.717, 1.165) is 17.5 Å². The highest BCUT2D eigenvalue weighted by Gasteiger charge is 2.07. The SMILES string of the molecule is COc1ccc(NC(=S)N/N=C(\C)c2ccc(F)cc2F)cc1. The van der Waals surface area contributed by atoms with Crippen LogP contribution in [0.4, 0.5) is 14.5 Å². The number of ether oxygens (including phenoxy) is 1. The highest BCUT2D eigenvalue weighted by Crippen LogP contribution is 2.15. The Hall–Kier alpha value is -2.54. The van der Waals surface area contributed by atoms with E-state index in [1.165, 1.54) is 12.1 Å². The molecule has 0 saturated heterocycles. The van der Waals surface area contributed by atoms with E-state index in [1.807, 2.05) is 0 Å². The van der Waals surface area contributed by atoms with Crippen molar-refractivity contribution in [3.05, 3.63) is 59.7 Å². The number of halogens is 2. The molecule has 2 rings (SSSR count). The number of hydrogen-bond donors (Lipinski definition) is 2. The van der Waals surface area contributed by atoms with Crippen molar-refractivity contribution >= 4 is 28.7 Å². The molecule has 0 bridgehead atoms. The summed E-state index contributed by atoms with van der Waals surface area (Å²) in [7, 11) is 1.58. The summed E-state index contributed by atoms with van der Waals surface area (Å²) in [5, 5.41) is 7.17. The molecule has 0 spiro atoms. The van der Waals surface area contributed by atoms with Crippen molar-refractivity contribution < 1.29 is 13.5 Å². The van der Waals surface area contributed by atoms with E-state index in [-0.39, 0.29) is 10.7 Å². The smallest absolute Gasteiger partial charge is 0.191 e. The first kappa shape index (κ1) is 16.8. The largest absolute Gasteiger partial charge is 0.497 e. The van der Waals surface area contributed by atoms with Gasteiger partial charge in [0.05, 0.1) is 12.8 Å². The van der Waals surface area contributed by atoms with E-state index in [2.05, 4.69) is 15.8 Å². The van der Waals surface area contributed by atoms with Gasteiger partial charge in [-0.2, -0.15) is 5.10 Å². The van der Waals surface area contributed by atoms with Crippen molar-refractivity contribution in [2.24, 2.45) is 5.10 Å². The van der Waals surface area contributed by atoms with Crippen LogP contribution in [0.5, 0.6) is 5.75 Å². The number of hydrazone groups is 1. The first-order chi connectivity index (χ1) is 11.0. The van der Waals surface area contributed by atoms with Crippen LogP contribution in [0, 0.1) is 11.6 Å². The standard InChI is InChI=1S/C16H15F2N3OS/c1-10(14-8-3-11(17)9-15(14)18)20-21-16(23)19-12-4-6-13(22-2)7-5-12/h3-9H,1-2H3,(H2,19,21,23)/b20-10+. The van der Waals surface area contributed by atoms with Gasteiger partial charge >= 0.3 is 0 Å². The minimum absolute atomic E-state index is 0.200. The molecular weight excluding hydrogens is 320 g/mol. The lowest BCUT2D eigenvalue weighted by Crippen LogP contribution is -2.25. The fraction of sp³-hybridized carbons (Fsp3) is 0.125. The van der Waals surface area contributed by atoms with Crippen molar-refractivity contribution in [3.8, 4) is 5.75 Å². The third kappa shape index (κ3) is 4.72. The zero-order chi connectivity index (χ0) is 16.8. The third-order valence-electron chi connectivity index (χ3n) is 2.99. The summed E-state index contributed by atoms with van der Waals surface area (Å²) in [6.45, 7) is 1.60. The molecule has 0 aromatic heterocycles.